The Labute approximate surface area is 210 Å². The van der Waals surface area contributed by atoms with Crippen molar-refractivity contribution < 1.29 is 28.6 Å². The van der Waals surface area contributed by atoms with Crippen LogP contribution in [0, 0.1) is 0 Å². The third-order valence-corrected chi connectivity index (χ3v) is 6.01. The second kappa shape index (κ2) is 11.7. The summed E-state index contributed by atoms with van der Waals surface area (Å²) in [4.78, 5) is 39.7. The van der Waals surface area contributed by atoms with Crippen LogP contribution in [0.25, 0.3) is 6.08 Å². The molecule has 2 amide bonds. The highest BCUT2D eigenvalue weighted by atomic mass is 16.5. The van der Waals surface area contributed by atoms with Gasteiger partial charge < -0.3 is 19.5 Å². The van der Waals surface area contributed by atoms with Crippen LogP contribution in [0.4, 0.5) is 5.69 Å². The van der Waals surface area contributed by atoms with Crippen molar-refractivity contribution in [3.05, 3.63) is 77.0 Å². The number of nitrogens with one attached hydrogen (secondary N) is 1. The van der Waals surface area contributed by atoms with Crippen molar-refractivity contribution in [1.29, 1.82) is 0 Å². The average Bonchev–Trinajstić information content (AvgIpc) is 3.49. The number of carbonyl (C=O) groups is 3. The molecule has 0 aliphatic carbocycles. The molecule has 2 aromatic rings. The number of hydrogen-bond acceptors (Lipinski definition) is 6. The van der Waals surface area contributed by atoms with Crippen LogP contribution in [-0.4, -0.2) is 50.3 Å². The van der Waals surface area contributed by atoms with Crippen LogP contribution in [0.5, 0.6) is 5.75 Å². The van der Waals surface area contributed by atoms with Gasteiger partial charge in [0.1, 0.15) is 5.75 Å². The first-order valence-electron chi connectivity index (χ1n) is 12.1. The quantitative estimate of drug-likeness (QED) is 0.426. The van der Waals surface area contributed by atoms with Crippen molar-refractivity contribution in [3.8, 4) is 5.75 Å². The van der Waals surface area contributed by atoms with Gasteiger partial charge in [-0.1, -0.05) is 30.3 Å². The second-order valence-electron chi connectivity index (χ2n) is 8.51. The summed E-state index contributed by atoms with van der Waals surface area (Å²) in [6, 6.07) is 16.1. The maximum Gasteiger partial charge on any atom is 0.340 e. The molecule has 0 saturated carbocycles. The summed E-state index contributed by atoms with van der Waals surface area (Å²) >= 11 is 0. The van der Waals surface area contributed by atoms with Gasteiger partial charge in [-0.2, -0.15) is 0 Å². The number of anilines is 1. The molecule has 2 heterocycles. The van der Waals surface area contributed by atoms with Crippen molar-refractivity contribution >= 4 is 29.5 Å². The molecular formula is C28H30N2O6. The molecule has 8 heteroatoms. The molecule has 0 spiro atoms. The zero-order valence-corrected chi connectivity index (χ0v) is 20.5. The summed E-state index contributed by atoms with van der Waals surface area (Å²) in [6.07, 6.45) is 3.72. The standard InChI is InChI=1S/C28H30N2O6/c1-3-34-28(33)26-19(2)30(21-8-5-4-6-9-21)27(32)24(26)16-20-11-13-22(14-12-20)36-18-25(31)29-17-23-10-7-15-35-23/h4-6,8-9,11-14,16,23H,3,7,10,15,17-18H2,1-2H3,(H,29,31)/b24-16-/t23-/m0/s1. The second-order valence-corrected chi connectivity index (χ2v) is 8.51. The highest BCUT2D eigenvalue weighted by Gasteiger charge is 2.38. The molecule has 2 aromatic carbocycles. The molecule has 1 saturated heterocycles. The summed E-state index contributed by atoms with van der Waals surface area (Å²) in [6.45, 7) is 4.79. The normalized spacial score (nSPS) is 18.6. The van der Waals surface area contributed by atoms with Gasteiger partial charge in [-0.25, -0.2) is 4.79 Å². The zero-order valence-electron chi connectivity index (χ0n) is 20.5. The molecule has 1 atom stereocenters. The first-order chi connectivity index (χ1) is 17.5. The molecule has 0 radical (unpaired) electrons. The molecule has 1 N–H and O–H groups in total. The van der Waals surface area contributed by atoms with E-state index >= 15 is 0 Å². The van der Waals surface area contributed by atoms with Gasteiger partial charge in [0, 0.05) is 24.5 Å². The highest BCUT2D eigenvalue weighted by molar-refractivity contribution is 6.23. The summed E-state index contributed by atoms with van der Waals surface area (Å²) in [5.41, 5.74) is 2.40. The largest absolute Gasteiger partial charge is 0.484 e. The number of allylic oxidation sites excluding steroid dienone is 1. The summed E-state index contributed by atoms with van der Waals surface area (Å²) < 4.78 is 16.3. The van der Waals surface area contributed by atoms with Crippen LogP contribution in [0.1, 0.15) is 32.3 Å². The van der Waals surface area contributed by atoms with Crippen molar-refractivity contribution in [3.63, 3.8) is 0 Å². The number of esters is 1. The van der Waals surface area contributed by atoms with Crippen LogP contribution in [0.2, 0.25) is 0 Å². The fourth-order valence-corrected chi connectivity index (χ4v) is 4.23. The lowest BCUT2D eigenvalue weighted by molar-refractivity contribution is -0.138. The number of para-hydroxylation sites is 1. The maximum absolute atomic E-state index is 13.4. The van der Waals surface area contributed by atoms with Crippen LogP contribution in [0.3, 0.4) is 0 Å². The van der Waals surface area contributed by atoms with Gasteiger partial charge in [0.2, 0.25) is 0 Å². The average molecular weight is 491 g/mol. The van der Waals surface area contributed by atoms with E-state index in [0.29, 0.717) is 29.2 Å². The molecule has 4 rings (SSSR count). The molecule has 2 aliphatic rings. The molecule has 0 bridgehead atoms. The van der Waals surface area contributed by atoms with E-state index in [9.17, 15) is 14.4 Å². The molecule has 0 aromatic heterocycles. The van der Waals surface area contributed by atoms with Crippen LogP contribution in [-0.2, 0) is 23.9 Å². The van der Waals surface area contributed by atoms with Crippen LogP contribution < -0.4 is 15.0 Å². The Morgan fingerprint density at radius 2 is 1.89 bits per heavy atom. The van der Waals surface area contributed by atoms with Gasteiger partial charge in [-0.05, 0) is 62.6 Å². The van der Waals surface area contributed by atoms with Crippen molar-refractivity contribution in [2.45, 2.75) is 32.8 Å². The number of rotatable bonds is 9. The van der Waals surface area contributed by atoms with Gasteiger partial charge in [0.05, 0.1) is 23.9 Å². The third kappa shape index (κ3) is 5.83. The minimum absolute atomic E-state index is 0.0783. The predicted molar refractivity (Wildman–Crippen MR) is 135 cm³/mol. The Morgan fingerprint density at radius 1 is 1.14 bits per heavy atom. The molecule has 0 unspecified atom stereocenters. The van der Waals surface area contributed by atoms with Gasteiger partial charge >= 0.3 is 5.97 Å². The molecule has 188 valence electrons. The van der Waals surface area contributed by atoms with E-state index < -0.39 is 5.97 Å². The van der Waals surface area contributed by atoms with E-state index in [1.165, 1.54) is 4.90 Å². The number of hydrogen-bond donors (Lipinski definition) is 1. The lowest BCUT2D eigenvalue weighted by atomic mass is 10.0. The van der Waals surface area contributed by atoms with Crippen LogP contribution in [0.15, 0.2) is 71.4 Å². The Bertz CT molecular complexity index is 1160. The van der Waals surface area contributed by atoms with Gasteiger partial charge in [0.25, 0.3) is 11.8 Å². The van der Waals surface area contributed by atoms with Gasteiger partial charge in [-0.3, -0.25) is 14.5 Å². The number of benzene rings is 2. The number of amides is 2. The Balaban J connectivity index is 1.46. The molecule has 8 nitrogen and oxygen atoms in total. The minimum atomic E-state index is -0.540. The van der Waals surface area contributed by atoms with E-state index in [0.717, 1.165) is 19.4 Å². The van der Waals surface area contributed by atoms with Crippen molar-refractivity contribution in [2.24, 2.45) is 0 Å². The monoisotopic (exact) mass is 490 g/mol. The highest BCUT2D eigenvalue weighted by Crippen LogP contribution is 2.35. The number of ether oxygens (including phenoxy) is 3. The Kier molecular flexibility index (Phi) is 8.17. The predicted octanol–water partition coefficient (Wildman–Crippen LogP) is 3.63. The van der Waals surface area contributed by atoms with Crippen LogP contribution >= 0.6 is 0 Å². The summed E-state index contributed by atoms with van der Waals surface area (Å²) in [5, 5.41) is 2.82. The zero-order chi connectivity index (χ0) is 25.5. The van der Waals surface area contributed by atoms with Crippen molar-refractivity contribution in [1.82, 2.24) is 5.32 Å². The van der Waals surface area contributed by atoms with Gasteiger partial charge in [0.15, 0.2) is 6.61 Å². The van der Waals surface area contributed by atoms with E-state index in [-0.39, 0.29) is 42.3 Å². The SMILES string of the molecule is CCOC(=O)C1=C(C)N(c2ccccc2)C(=O)/C1=C\c1ccc(OCC(=O)NC[C@@H]2CCCO2)cc1. The van der Waals surface area contributed by atoms with E-state index in [4.69, 9.17) is 14.2 Å². The number of nitrogens with zero attached hydrogens (tertiary/aromatic N) is 1. The summed E-state index contributed by atoms with van der Waals surface area (Å²) in [5.74, 6) is -0.536. The van der Waals surface area contributed by atoms with Gasteiger partial charge in [-0.15, -0.1) is 0 Å². The molecular weight excluding hydrogens is 460 g/mol. The molecule has 2 aliphatic heterocycles. The summed E-state index contributed by atoms with van der Waals surface area (Å²) in [7, 11) is 0. The number of carbonyl (C=O) groups excluding carboxylic acids is 3. The molecule has 36 heavy (non-hydrogen) atoms. The smallest absolute Gasteiger partial charge is 0.340 e. The first-order valence-corrected chi connectivity index (χ1v) is 12.1. The van der Waals surface area contributed by atoms with E-state index in [2.05, 4.69) is 5.32 Å². The minimum Gasteiger partial charge on any atom is -0.484 e. The van der Waals surface area contributed by atoms with E-state index in [1.54, 1.807) is 44.2 Å². The molecule has 1 fully saturated rings. The lowest BCUT2D eigenvalue weighted by Gasteiger charge is -2.17. The Morgan fingerprint density at radius 3 is 2.56 bits per heavy atom. The Hall–Kier alpha value is -3.91. The first kappa shape index (κ1) is 25.2. The lowest BCUT2D eigenvalue weighted by Crippen LogP contribution is -2.35. The van der Waals surface area contributed by atoms with E-state index in [1.807, 2.05) is 30.3 Å². The third-order valence-electron chi connectivity index (χ3n) is 6.01. The fourth-order valence-electron chi connectivity index (χ4n) is 4.23. The van der Waals surface area contributed by atoms with Crippen molar-refractivity contribution in [2.75, 3.05) is 31.3 Å². The fraction of sp³-hybridized carbons (Fsp3) is 0.321. The maximum atomic E-state index is 13.4. The topological polar surface area (TPSA) is 94.2 Å².